The molecular formula is C17H17NO6S. The van der Waals surface area contributed by atoms with Crippen molar-refractivity contribution in [2.45, 2.75) is 5.75 Å². The molecule has 0 unspecified atom stereocenters. The van der Waals surface area contributed by atoms with E-state index in [2.05, 4.69) is 0 Å². The number of ether oxygens (including phenoxy) is 1. The number of benzene rings is 2. The maximum Gasteiger partial charge on any atom is 0.260 e. The number of carbonyl (C=O) groups excluding carboxylic acids is 1. The number of phenolic OH excluding ortho intramolecular Hbond substituents is 2. The Morgan fingerprint density at radius 3 is 2.28 bits per heavy atom. The summed E-state index contributed by atoms with van der Waals surface area (Å²) in [6, 6.07) is 10.0. The lowest BCUT2D eigenvalue weighted by molar-refractivity contribution is -0.113. The average Bonchev–Trinajstić information content (AvgIpc) is 2.55. The minimum atomic E-state index is -4.01. The number of primary amides is 1. The molecule has 0 saturated carbocycles. The van der Waals surface area contributed by atoms with E-state index in [1.54, 1.807) is 24.3 Å². The van der Waals surface area contributed by atoms with Gasteiger partial charge in [0.1, 0.15) is 10.7 Å². The van der Waals surface area contributed by atoms with Gasteiger partial charge in [-0.15, -0.1) is 0 Å². The van der Waals surface area contributed by atoms with Gasteiger partial charge < -0.3 is 20.7 Å². The highest BCUT2D eigenvalue weighted by molar-refractivity contribution is 7.95. The molecule has 0 aromatic heterocycles. The number of aromatic hydroxyl groups is 2. The fourth-order valence-electron chi connectivity index (χ4n) is 2.11. The van der Waals surface area contributed by atoms with E-state index in [9.17, 15) is 23.4 Å². The molecule has 0 radical (unpaired) electrons. The summed E-state index contributed by atoms with van der Waals surface area (Å²) in [5, 5.41) is 18.8. The summed E-state index contributed by atoms with van der Waals surface area (Å²) in [6.45, 7) is 0. The van der Waals surface area contributed by atoms with Crippen LogP contribution in [0.15, 0.2) is 47.4 Å². The van der Waals surface area contributed by atoms with Crippen molar-refractivity contribution < 1.29 is 28.2 Å². The molecule has 2 rings (SSSR count). The first-order valence-corrected chi connectivity index (χ1v) is 8.77. The predicted molar refractivity (Wildman–Crippen MR) is 92.6 cm³/mol. The summed E-state index contributed by atoms with van der Waals surface area (Å²) >= 11 is 0. The van der Waals surface area contributed by atoms with Crippen LogP contribution in [0.25, 0.3) is 6.08 Å². The van der Waals surface area contributed by atoms with Crippen LogP contribution in [0.1, 0.15) is 11.1 Å². The molecule has 0 aliphatic carbocycles. The molecule has 0 heterocycles. The van der Waals surface area contributed by atoms with Gasteiger partial charge in [0.05, 0.1) is 12.9 Å². The van der Waals surface area contributed by atoms with Gasteiger partial charge in [0.2, 0.25) is 0 Å². The Hall–Kier alpha value is -3.00. The molecule has 0 aliphatic rings. The number of nitrogens with two attached hydrogens (primary N) is 1. The number of methoxy groups -OCH3 is 1. The quantitative estimate of drug-likeness (QED) is 0.528. The van der Waals surface area contributed by atoms with E-state index >= 15 is 0 Å². The highest BCUT2D eigenvalue weighted by Gasteiger charge is 2.23. The van der Waals surface area contributed by atoms with E-state index < -0.39 is 32.2 Å². The molecule has 25 heavy (non-hydrogen) atoms. The van der Waals surface area contributed by atoms with Crippen molar-refractivity contribution >= 4 is 21.8 Å². The lowest BCUT2D eigenvalue weighted by Crippen LogP contribution is -2.22. The Kier molecular flexibility index (Phi) is 5.33. The van der Waals surface area contributed by atoms with Crippen LogP contribution < -0.4 is 10.5 Å². The van der Waals surface area contributed by atoms with Crippen molar-refractivity contribution in [1.29, 1.82) is 0 Å². The number of carbonyl (C=O) groups is 1. The normalized spacial score (nSPS) is 12.0. The molecule has 0 spiro atoms. The van der Waals surface area contributed by atoms with Crippen LogP contribution in [0.2, 0.25) is 0 Å². The number of phenols is 2. The second-order valence-corrected chi connectivity index (χ2v) is 7.19. The Labute approximate surface area is 144 Å². The van der Waals surface area contributed by atoms with Crippen molar-refractivity contribution in [2.75, 3.05) is 7.11 Å². The molecule has 4 N–H and O–H groups in total. The summed E-state index contributed by atoms with van der Waals surface area (Å²) in [4.78, 5) is 11.0. The summed E-state index contributed by atoms with van der Waals surface area (Å²) in [6.07, 6.45) is 1.06. The van der Waals surface area contributed by atoms with Crippen LogP contribution in [0.3, 0.4) is 0 Å². The Bertz CT molecular complexity index is 917. The molecule has 2 aromatic rings. The molecule has 8 heteroatoms. The van der Waals surface area contributed by atoms with Gasteiger partial charge in [-0.25, -0.2) is 8.42 Å². The number of sulfone groups is 1. The zero-order valence-corrected chi connectivity index (χ0v) is 14.2. The maximum atomic E-state index is 12.5. The third kappa shape index (κ3) is 4.51. The highest BCUT2D eigenvalue weighted by Crippen LogP contribution is 2.27. The Balaban J connectivity index is 2.38. The molecule has 0 bridgehead atoms. The van der Waals surface area contributed by atoms with Crippen molar-refractivity contribution in [1.82, 2.24) is 0 Å². The van der Waals surface area contributed by atoms with Crippen LogP contribution >= 0.6 is 0 Å². The van der Waals surface area contributed by atoms with Gasteiger partial charge in [-0.3, -0.25) is 4.79 Å². The Morgan fingerprint density at radius 2 is 1.76 bits per heavy atom. The van der Waals surface area contributed by atoms with Gasteiger partial charge in [-0.1, -0.05) is 18.2 Å². The smallest absolute Gasteiger partial charge is 0.260 e. The molecule has 0 fully saturated rings. The van der Waals surface area contributed by atoms with Crippen molar-refractivity contribution in [3.05, 3.63) is 58.5 Å². The number of hydrogen-bond acceptors (Lipinski definition) is 6. The minimum Gasteiger partial charge on any atom is -0.504 e. The molecule has 0 aliphatic heterocycles. The SMILES string of the molecule is COc1ccc(CS(=O)(=O)C(=Cc2ccc(O)c(O)c2)C(N)=O)cc1. The van der Waals surface area contributed by atoms with E-state index in [0.717, 1.165) is 12.1 Å². The van der Waals surface area contributed by atoms with E-state index in [0.29, 0.717) is 11.3 Å². The standard InChI is InChI=1S/C17H17NO6S/c1-24-13-5-2-11(3-6-13)10-25(22,23)16(17(18)21)9-12-4-7-14(19)15(20)8-12/h2-9,19-20H,10H2,1H3,(H2,18,21). The number of amides is 1. The van der Waals surface area contributed by atoms with Gasteiger partial charge in [-0.2, -0.15) is 0 Å². The molecule has 0 saturated heterocycles. The molecular weight excluding hydrogens is 346 g/mol. The van der Waals surface area contributed by atoms with Gasteiger partial charge in [0, 0.05) is 0 Å². The number of hydrogen-bond donors (Lipinski definition) is 3. The lowest BCUT2D eigenvalue weighted by atomic mass is 10.2. The monoisotopic (exact) mass is 363 g/mol. The molecule has 132 valence electrons. The van der Waals surface area contributed by atoms with Crippen molar-refractivity contribution in [3.8, 4) is 17.2 Å². The highest BCUT2D eigenvalue weighted by atomic mass is 32.2. The molecule has 1 amide bonds. The maximum absolute atomic E-state index is 12.5. The Morgan fingerprint density at radius 1 is 1.12 bits per heavy atom. The number of rotatable bonds is 6. The zero-order valence-electron chi connectivity index (χ0n) is 13.3. The minimum absolute atomic E-state index is 0.211. The third-order valence-electron chi connectivity index (χ3n) is 3.39. The molecule has 2 aromatic carbocycles. The van der Waals surface area contributed by atoms with Gasteiger partial charge in [0.15, 0.2) is 21.3 Å². The van der Waals surface area contributed by atoms with Gasteiger partial charge in [0.25, 0.3) is 5.91 Å². The topological polar surface area (TPSA) is 127 Å². The fourth-order valence-corrected chi connectivity index (χ4v) is 3.52. The fraction of sp³-hybridized carbons (Fsp3) is 0.118. The van der Waals surface area contributed by atoms with Crippen LogP contribution in [-0.4, -0.2) is 31.6 Å². The average molecular weight is 363 g/mol. The van der Waals surface area contributed by atoms with Crippen LogP contribution in [0.4, 0.5) is 0 Å². The predicted octanol–water partition coefficient (Wildman–Crippen LogP) is 1.55. The van der Waals surface area contributed by atoms with Crippen LogP contribution in [-0.2, 0) is 20.4 Å². The second kappa shape index (κ2) is 7.27. The molecule has 7 nitrogen and oxygen atoms in total. The molecule has 0 atom stereocenters. The first-order chi connectivity index (χ1) is 11.7. The summed E-state index contributed by atoms with van der Waals surface area (Å²) in [7, 11) is -2.52. The van der Waals surface area contributed by atoms with Crippen LogP contribution in [0.5, 0.6) is 17.2 Å². The van der Waals surface area contributed by atoms with Crippen LogP contribution in [0, 0.1) is 0 Å². The van der Waals surface area contributed by atoms with E-state index in [4.69, 9.17) is 10.5 Å². The summed E-state index contributed by atoms with van der Waals surface area (Å²) < 4.78 is 30.1. The summed E-state index contributed by atoms with van der Waals surface area (Å²) in [5.74, 6) is -1.76. The van der Waals surface area contributed by atoms with E-state index in [-0.39, 0.29) is 11.3 Å². The first-order valence-electron chi connectivity index (χ1n) is 7.12. The van der Waals surface area contributed by atoms with Crippen molar-refractivity contribution in [2.24, 2.45) is 5.73 Å². The summed E-state index contributed by atoms with van der Waals surface area (Å²) in [5.41, 5.74) is 5.89. The lowest BCUT2D eigenvalue weighted by Gasteiger charge is -2.08. The zero-order chi connectivity index (χ0) is 18.6. The largest absolute Gasteiger partial charge is 0.504 e. The van der Waals surface area contributed by atoms with Gasteiger partial charge in [-0.05, 0) is 41.5 Å². The van der Waals surface area contributed by atoms with Gasteiger partial charge >= 0.3 is 0 Å². The first kappa shape index (κ1) is 18.3. The van der Waals surface area contributed by atoms with E-state index in [1.807, 2.05) is 0 Å². The van der Waals surface area contributed by atoms with Crippen molar-refractivity contribution in [3.63, 3.8) is 0 Å². The third-order valence-corrected chi connectivity index (χ3v) is 5.09. The second-order valence-electron chi connectivity index (χ2n) is 5.23. The van der Waals surface area contributed by atoms with E-state index in [1.165, 1.54) is 19.2 Å².